The Morgan fingerprint density at radius 1 is 1.33 bits per heavy atom. The van der Waals surface area contributed by atoms with Crippen LogP contribution in [0.1, 0.15) is 6.92 Å². The number of hydrogen-bond donors (Lipinski definition) is 0. The van der Waals surface area contributed by atoms with E-state index in [2.05, 4.69) is 4.98 Å². The number of alkyl halides is 1. The molecule has 1 unspecified atom stereocenters. The maximum absolute atomic E-state index is 12.4. The molecule has 0 aliphatic rings. The van der Waals surface area contributed by atoms with Crippen molar-refractivity contribution >= 4 is 37.9 Å². The number of aromatic nitrogens is 1. The van der Waals surface area contributed by atoms with E-state index in [1.54, 1.807) is 6.92 Å². The summed E-state index contributed by atoms with van der Waals surface area (Å²) in [5, 5.41) is 11.5. The van der Waals surface area contributed by atoms with Gasteiger partial charge in [-0.15, -0.1) is 11.6 Å². The zero-order chi connectivity index (χ0) is 15.6. The predicted molar refractivity (Wildman–Crippen MR) is 80.3 cm³/mol. The number of halogens is 1. The van der Waals surface area contributed by atoms with Crippen molar-refractivity contribution in [3.63, 3.8) is 0 Å². The molecule has 112 valence electrons. The SMILES string of the molecule is CC(CCl)CS(=O)(=O)c1ccc([N+](=O)[O-])c2cnccc12. The first-order valence-electron chi connectivity index (χ1n) is 6.16. The second kappa shape index (κ2) is 5.95. The summed E-state index contributed by atoms with van der Waals surface area (Å²) < 4.78 is 24.9. The van der Waals surface area contributed by atoms with Crippen LogP contribution in [0, 0.1) is 16.0 Å². The van der Waals surface area contributed by atoms with Crippen LogP contribution < -0.4 is 0 Å². The molecule has 8 heteroatoms. The fourth-order valence-corrected chi connectivity index (χ4v) is 4.16. The summed E-state index contributed by atoms with van der Waals surface area (Å²) in [4.78, 5) is 14.4. The highest BCUT2D eigenvalue weighted by molar-refractivity contribution is 7.91. The van der Waals surface area contributed by atoms with Crippen LogP contribution in [-0.2, 0) is 9.84 Å². The molecule has 0 saturated carbocycles. The molecule has 1 aromatic carbocycles. The number of pyridine rings is 1. The van der Waals surface area contributed by atoms with Gasteiger partial charge >= 0.3 is 0 Å². The van der Waals surface area contributed by atoms with Gasteiger partial charge in [0.05, 0.1) is 21.0 Å². The molecule has 0 fully saturated rings. The number of rotatable bonds is 5. The highest BCUT2D eigenvalue weighted by Gasteiger charge is 2.24. The highest BCUT2D eigenvalue weighted by atomic mass is 35.5. The topological polar surface area (TPSA) is 90.2 Å². The number of sulfone groups is 1. The Hall–Kier alpha value is -1.73. The molecule has 0 amide bonds. The van der Waals surface area contributed by atoms with Crippen molar-refractivity contribution in [3.8, 4) is 0 Å². The third-order valence-corrected chi connectivity index (χ3v) is 5.61. The molecule has 0 N–H and O–H groups in total. The van der Waals surface area contributed by atoms with Crippen LogP contribution in [0.15, 0.2) is 35.5 Å². The monoisotopic (exact) mass is 328 g/mol. The third kappa shape index (κ3) is 3.14. The smallest absolute Gasteiger partial charge is 0.264 e. The average molecular weight is 329 g/mol. The van der Waals surface area contributed by atoms with E-state index < -0.39 is 14.8 Å². The molecule has 1 heterocycles. The number of hydrogen-bond acceptors (Lipinski definition) is 5. The number of fused-ring (bicyclic) bond motifs is 1. The number of benzene rings is 1. The fraction of sp³-hybridized carbons (Fsp3) is 0.308. The molecule has 0 radical (unpaired) electrons. The number of nitro groups is 1. The molecule has 1 aromatic heterocycles. The lowest BCUT2D eigenvalue weighted by Crippen LogP contribution is -2.15. The first kappa shape index (κ1) is 15.7. The van der Waals surface area contributed by atoms with E-state index in [9.17, 15) is 18.5 Å². The van der Waals surface area contributed by atoms with Crippen LogP contribution in [0.25, 0.3) is 10.8 Å². The molecule has 0 bridgehead atoms. The lowest BCUT2D eigenvalue weighted by Gasteiger charge is -2.11. The lowest BCUT2D eigenvalue weighted by atomic mass is 10.1. The van der Waals surface area contributed by atoms with Gasteiger partial charge in [-0.2, -0.15) is 0 Å². The number of non-ortho nitro benzene ring substituents is 1. The summed E-state index contributed by atoms with van der Waals surface area (Å²) >= 11 is 5.67. The van der Waals surface area contributed by atoms with Crippen LogP contribution in [0.4, 0.5) is 5.69 Å². The zero-order valence-corrected chi connectivity index (χ0v) is 12.8. The molecule has 0 spiro atoms. The Bertz CT molecular complexity index is 792. The molecular weight excluding hydrogens is 316 g/mol. The molecule has 0 aliphatic heterocycles. The van der Waals surface area contributed by atoms with Crippen molar-refractivity contribution in [3.05, 3.63) is 40.7 Å². The van der Waals surface area contributed by atoms with Gasteiger partial charge in [0.15, 0.2) is 9.84 Å². The van der Waals surface area contributed by atoms with Crippen LogP contribution in [0.2, 0.25) is 0 Å². The van der Waals surface area contributed by atoms with Gasteiger partial charge in [-0.05, 0) is 18.1 Å². The van der Waals surface area contributed by atoms with Gasteiger partial charge in [0.1, 0.15) is 0 Å². The Kier molecular flexibility index (Phi) is 4.43. The summed E-state index contributed by atoms with van der Waals surface area (Å²) in [5.41, 5.74) is -0.164. The van der Waals surface area contributed by atoms with E-state index in [1.165, 1.54) is 30.6 Å². The van der Waals surface area contributed by atoms with Gasteiger partial charge in [-0.25, -0.2) is 8.42 Å². The van der Waals surface area contributed by atoms with E-state index >= 15 is 0 Å². The normalized spacial score (nSPS) is 13.2. The second-order valence-electron chi connectivity index (χ2n) is 4.80. The molecule has 6 nitrogen and oxygen atoms in total. The minimum atomic E-state index is -3.58. The van der Waals surface area contributed by atoms with Crippen LogP contribution >= 0.6 is 11.6 Å². The van der Waals surface area contributed by atoms with E-state index in [-0.39, 0.29) is 33.5 Å². The Morgan fingerprint density at radius 3 is 2.67 bits per heavy atom. The molecule has 2 aromatic rings. The van der Waals surface area contributed by atoms with Crippen LogP contribution in [0.5, 0.6) is 0 Å². The van der Waals surface area contributed by atoms with E-state index in [4.69, 9.17) is 11.6 Å². The largest absolute Gasteiger partial charge is 0.278 e. The second-order valence-corrected chi connectivity index (χ2v) is 7.11. The van der Waals surface area contributed by atoms with E-state index in [0.29, 0.717) is 5.39 Å². The Labute approximate surface area is 126 Å². The molecule has 21 heavy (non-hydrogen) atoms. The summed E-state index contributed by atoms with van der Waals surface area (Å²) in [6, 6.07) is 3.94. The van der Waals surface area contributed by atoms with Gasteiger partial charge in [0.2, 0.25) is 0 Å². The first-order chi connectivity index (χ1) is 9.86. The first-order valence-corrected chi connectivity index (χ1v) is 8.35. The van der Waals surface area contributed by atoms with Gasteiger partial charge in [-0.3, -0.25) is 15.1 Å². The lowest BCUT2D eigenvalue weighted by molar-refractivity contribution is -0.383. The maximum atomic E-state index is 12.4. The van der Waals surface area contributed by atoms with Crippen molar-refractivity contribution in [2.24, 2.45) is 5.92 Å². The zero-order valence-electron chi connectivity index (χ0n) is 11.2. The molecule has 0 aliphatic carbocycles. The Balaban J connectivity index is 2.67. The maximum Gasteiger partial charge on any atom is 0.278 e. The van der Waals surface area contributed by atoms with Crippen molar-refractivity contribution in [2.45, 2.75) is 11.8 Å². The van der Waals surface area contributed by atoms with Crippen molar-refractivity contribution < 1.29 is 13.3 Å². The van der Waals surface area contributed by atoms with Crippen LogP contribution in [-0.4, -0.2) is 30.0 Å². The van der Waals surface area contributed by atoms with Crippen molar-refractivity contribution in [2.75, 3.05) is 11.6 Å². The minimum Gasteiger partial charge on any atom is -0.264 e. The van der Waals surface area contributed by atoms with Gasteiger partial charge in [-0.1, -0.05) is 6.92 Å². The summed E-state index contributed by atoms with van der Waals surface area (Å²) in [7, 11) is -3.58. The van der Waals surface area contributed by atoms with E-state index in [0.717, 1.165) is 0 Å². The van der Waals surface area contributed by atoms with Crippen molar-refractivity contribution in [1.82, 2.24) is 4.98 Å². The number of nitro benzene ring substituents is 1. The minimum absolute atomic E-state index is 0.0717. The summed E-state index contributed by atoms with van der Waals surface area (Å²) in [6.45, 7) is 1.74. The van der Waals surface area contributed by atoms with Gasteiger partial charge in [0.25, 0.3) is 5.69 Å². The molecule has 1 atom stereocenters. The van der Waals surface area contributed by atoms with Crippen LogP contribution in [0.3, 0.4) is 0 Å². The molecule has 2 rings (SSSR count). The standard InChI is InChI=1S/C13H13ClN2O4S/c1-9(6-14)8-21(19,20)13-3-2-12(16(17)18)11-7-15-5-4-10(11)13/h2-5,7,9H,6,8H2,1H3. The Morgan fingerprint density at radius 2 is 2.05 bits per heavy atom. The highest BCUT2D eigenvalue weighted by Crippen LogP contribution is 2.31. The summed E-state index contributed by atoms with van der Waals surface area (Å²) in [5.74, 6) is -0.0824. The molecular formula is C13H13ClN2O4S. The third-order valence-electron chi connectivity index (χ3n) is 3.05. The van der Waals surface area contributed by atoms with Gasteiger partial charge < -0.3 is 0 Å². The quantitative estimate of drug-likeness (QED) is 0.478. The predicted octanol–water partition coefficient (Wildman–Crippen LogP) is 2.79. The van der Waals surface area contributed by atoms with Gasteiger partial charge in [0, 0.05) is 29.7 Å². The fourth-order valence-electron chi connectivity index (χ4n) is 2.09. The average Bonchev–Trinajstić information content (AvgIpc) is 2.45. The van der Waals surface area contributed by atoms with Crippen molar-refractivity contribution in [1.29, 1.82) is 0 Å². The summed E-state index contributed by atoms with van der Waals surface area (Å²) in [6.07, 6.45) is 2.72. The molecule has 0 saturated heterocycles. The van der Waals surface area contributed by atoms with E-state index in [1.807, 2.05) is 0 Å². The number of nitrogens with zero attached hydrogens (tertiary/aromatic N) is 2.